The molecule has 1 aromatic heterocycles. The number of aryl methyl sites for hydroxylation is 2. The van der Waals surface area contributed by atoms with Crippen molar-refractivity contribution in [3.63, 3.8) is 0 Å². The minimum absolute atomic E-state index is 0.0901. The van der Waals surface area contributed by atoms with Gasteiger partial charge in [0.25, 0.3) is 0 Å². The van der Waals surface area contributed by atoms with Crippen molar-refractivity contribution in [2.24, 2.45) is 0 Å². The lowest BCUT2D eigenvalue weighted by Crippen LogP contribution is -2.15. The fraction of sp³-hybridized carbons (Fsp3) is 0.333. The van der Waals surface area contributed by atoms with Crippen LogP contribution in [0.2, 0.25) is 0 Å². The molecule has 1 heterocycles. The Balaban J connectivity index is 1.56. The van der Waals surface area contributed by atoms with Gasteiger partial charge in [0.15, 0.2) is 5.78 Å². The van der Waals surface area contributed by atoms with Gasteiger partial charge in [-0.15, -0.1) is 5.10 Å². The highest BCUT2D eigenvalue weighted by Crippen LogP contribution is 2.30. The number of rotatable bonds is 7. The number of Topliss-reactive ketones (excluding diaryl/α,β-unsaturated/α-hetero) is 1. The Morgan fingerprint density at radius 2 is 2.04 bits per heavy atom. The molecule has 7 heteroatoms. The van der Waals surface area contributed by atoms with Gasteiger partial charge in [0.05, 0.1) is 11.9 Å². The molecule has 6 nitrogen and oxygen atoms in total. The lowest BCUT2D eigenvalue weighted by atomic mass is 10.0. The fourth-order valence-electron chi connectivity index (χ4n) is 3.48. The highest BCUT2D eigenvalue weighted by molar-refractivity contribution is 8.00. The first-order valence-corrected chi connectivity index (χ1v) is 10.4. The van der Waals surface area contributed by atoms with Crippen molar-refractivity contribution >= 4 is 17.5 Å². The molecule has 3 aromatic rings. The van der Waals surface area contributed by atoms with Crippen LogP contribution in [0.4, 0.5) is 0 Å². The maximum Gasteiger partial charge on any atom is 0.214 e. The number of tetrazole rings is 1. The number of carbonyl (C=O) groups excluding carboxylic acids is 1. The summed E-state index contributed by atoms with van der Waals surface area (Å²) < 4.78 is 7.31. The monoisotopic (exact) mass is 394 g/mol. The number of hydrogen-bond donors (Lipinski definition) is 0. The number of fused-ring (bicyclic) bond motifs is 1. The SMILES string of the molecule is CCOc1ccccc1-n1nnnc1S[C@@H](C)C(=O)c1ccc2c(c1)CCC2. The molecule has 1 aliphatic carbocycles. The van der Waals surface area contributed by atoms with E-state index < -0.39 is 0 Å². The van der Waals surface area contributed by atoms with Gasteiger partial charge in [0.2, 0.25) is 5.16 Å². The first kappa shape index (κ1) is 18.7. The molecule has 0 saturated carbocycles. The standard InChI is InChI=1S/C21H22N4O2S/c1-3-27-19-10-5-4-9-18(19)25-21(22-23-24-25)28-14(2)20(26)17-12-11-15-7-6-8-16(15)13-17/h4-5,9-14H,3,6-8H2,1-2H3/t14-/m0/s1. The van der Waals surface area contributed by atoms with Crippen LogP contribution < -0.4 is 4.74 Å². The Hall–Kier alpha value is -2.67. The van der Waals surface area contributed by atoms with Crippen LogP contribution in [0.15, 0.2) is 47.6 Å². The van der Waals surface area contributed by atoms with Gasteiger partial charge in [-0.25, -0.2) is 0 Å². The summed E-state index contributed by atoms with van der Waals surface area (Å²) in [7, 11) is 0. The molecule has 1 aliphatic rings. The summed E-state index contributed by atoms with van der Waals surface area (Å²) in [4.78, 5) is 13.0. The second-order valence-electron chi connectivity index (χ2n) is 6.74. The van der Waals surface area contributed by atoms with E-state index in [4.69, 9.17) is 4.74 Å². The molecule has 144 valence electrons. The number of ether oxygens (including phenoxy) is 1. The van der Waals surface area contributed by atoms with Gasteiger partial charge < -0.3 is 4.74 Å². The molecular weight excluding hydrogens is 372 g/mol. The van der Waals surface area contributed by atoms with Crippen LogP contribution in [0.25, 0.3) is 5.69 Å². The second kappa shape index (κ2) is 8.14. The largest absolute Gasteiger partial charge is 0.492 e. The van der Waals surface area contributed by atoms with E-state index in [1.54, 1.807) is 4.68 Å². The van der Waals surface area contributed by atoms with Gasteiger partial charge in [-0.3, -0.25) is 4.79 Å². The summed E-state index contributed by atoms with van der Waals surface area (Å²) in [5.41, 5.74) is 4.19. The molecule has 2 aromatic carbocycles. The smallest absolute Gasteiger partial charge is 0.214 e. The molecule has 0 fully saturated rings. The maximum absolute atomic E-state index is 13.0. The summed E-state index contributed by atoms with van der Waals surface area (Å²) in [6.45, 7) is 4.38. The maximum atomic E-state index is 13.0. The van der Waals surface area contributed by atoms with Gasteiger partial charge >= 0.3 is 0 Å². The highest BCUT2D eigenvalue weighted by atomic mass is 32.2. The average Bonchev–Trinajstić information content (AvgIpc) is 3.36. The third kappa shape index (κ3) is 3.67. The van der Waals surface area contributed by atoms with Crippen LogP contribution >= 0.6 is 11.8 Å². The van der Waals surface area contributed by atoms with Crippen molar-refractivity contribution in [3.05, 3.63) is 59.2 Å². The summed E-state index contributed by atoms with van der Waals surface area (Å²) in [5.74, 6) is 0.795. The van der Waals surface area contributed by atoms with Crippen LogP contribution in [-0.2, 0) is 12.8 Å². The number of ketones is 1. The van der Waals surface area contributed by atoms with Crippen molar-refractivity contribution in [1.29, 1.82) is 0 Å². The molecule has 4 rings (SSSR count). The van der Waals surface area contributed by atoms with E-state index in [0.29, 0.717) is 17.5 Å². The van der Waals surface area contributed by atoms with Crippen LogP contribution in [0.3, 0.4) is 0 Å². The van der Waals surface area contributed by atoms with E-state index in [1.165, 1.54) is 29.3 Å². The Bertz CT molecular complexity index is 1000. The topological polar surface area (TPSA) is 69.9 Å². The Kier molecular flexibility index (Phi) is 5.43. The van der Waals surface area contributed by atoms with Crippen LogP contribution in [0.1, 0.15) is 41.8 Å². The lowest BCUT2D eigenvalue weighted by Gasteiger charge is -2.13. The third-order valence-electron chi connectivity index (χ3n) is 4.87. The molecule has 0 radical (unpaired) electrons. The van der Waals surface area contributed by atoms with Crippen LogP contribution in [0.5, 0.6) is 5.75 Å². The average molecular weight is 395 g/mol. The zero-order chi connectivity index (χ0) is 19.5. The van der Waals surface area contributed by atoms with Crippen molar-refractivity contribution in [3.8, 4) is 11.4 Å². The molecule has 0 N–H and O–H groups in total. The zero-order valence-corrected chi connectivity index (χ0v) is 16.8. The van der Waals surface area contributed by atoms with Gasteiger partial charge in [0, 0.05) is 5.56 Å². The summed E-state index contributed by atoms with van der Waals surface area (Å²) in [6.07, 6.45) is 3.35. The molecule has 0 amide bonds. The van der Waals surface area contributed by atoms with Crippen molar-refractivity contribution in [2.45, 2.75) is 43.5 Å². The van der Waals surface area contributed by atoms with E-state index in [2.05, 4.69) is 27.7 Å². The number of thioether (sulfide) groups is 1. The Morgan fingerprint density at radius 3 is 2.89 bits per heavy atom. The third-order valence-corrected chi connectivity index (χ3v) is 5.90. The Labute approximate surface area is 168 Å². The summed E-state index contributed by atoms with van der Waals surface area (Å²) in [5, 5.41) is 12.3. The first-order valence-electron chi connectivity index (χ1n) is 9.50. The van der Waals surface area contributed by atoms with E-state index in [-0.39, 0.29) is 11.0 Å². The molecule has 0 spiro atoms. The normalized spacial score (nSPS) is 13.9. The first-order chi connectivity index (χ1) is 13.7. The molecule has 28 heavy (non-hydrogen) atoms. The number of benzene rings is 2. The molecule has 0 saturated heterocycles. The van der Waals surface area contributed by atoms with E-state index in [9.17, 15) is 4.79 Å². The number of nitrogens with zero attached hydrogens (tertiary/aromatic N) is 4. The fourth-order valence-corrected chi connectivity index (χ4v) is 4.36. The lowest BCUT2D eigenvalue weighted by molar-refractivity contribution is 0.0993. The van der Waals surface area contributed by atoms with Crippen LogP contribution in [0, 0.1) is 0 Å². The zero-order valence-electron chi connectivity index (χ0n) is 16.0. The minimum atomic E-state index is -0.302. The summed E-state index contributed by atoms with van der Waals surface area (Å²) >= 11 is 1.36. The van der Waals surface area contributed by atoms with Crippen LogP contribution in [-0.4, -0.2) is 37.8 Å². The van der Waals surface area contributed by atoms with Gasteiger partial charge in [-0.05, 0) is 72.9 Å². The van der Waals surface area contributed by atoms with E-state index >= 15 is 0 Å². The van der Waals surface area contributed by atoms with Gasteiger partial charge in [-0.2, -0.15) is 4.68 Å². The van der Waals surface area contributed by atoms with Crippen molar-refractivity contribution in [2.75, 3.05) is 6.61 Å². The molecule has 0 aliphatic heterocycles. The number of hydrogen-bond acceptors (Lipinski definition) is 6. The summed E-state index contributed by atoms with van der Waals surface area (Å²) in [6, 6.07) is 13.7. The molecule has 1 atom stereocenters. The number of aromatic nitrogens is 4. The number of para-hydroxylation sites is 2. The molecule has 0 bridgehead atoms. The van der Waals surface area contributed by atoms with Gasteiger partial charge in [0.1, 0.15) is 11.4 Å². The highest BCUT2D eigenvalue weighted by Gasteiger charge is 2.23. The van der Waals surface area contributed by atoms with Crippen molar-refractivity contribution in [1.82, 2.24) is 20.2 Å². The molecular formula is C21H22N4O2S. The second-order valence-corrected chi connectivity index (χ2v) is 8.04. The minimum Gasteiger partial charge on any atom is -0.492 e. The van der Waals surface area contributed by atoms with E-state index in [0.717, 1.165) is 24.1 Å². The predicted molar refractivity (Wildman–Crippen MR) is 108 cm³/mol. The van der Waals surface area contributed by atoms with Crippen molar-refractivity contribution < 1.29 is 9.53 Å². The predicted octanol–water partition coefficient (Wildman–Crippen LogP) is 3.91. The van der Waals surface area contributed by atoms with E-state index in [1.807, 2.05) is 44.2 Å². The number of carbonyl (C=O) groups is 1. The molecule has 0 unspecified atom stereocenters. The Morgan fingerprint density at radius 1 is 1.21 bits per heavy atom. The quantitative estimate of drug-likeness (QED) is 0.447. The van der Waals surface area contributed by atoms with Gasteiger partial charge in [-0.1, -0.05) is 36.0 Å².